The molecule has 0 aromatic heterocycles. The average molecular weight is 345 g/mol. The molecule has 0 heterocycles. The van der Waals surface area contributed by atoms with Crippen LogP contribution in [0.4, 0.5) is 0 Å². The van der Waals surface area contributed by atoms with E-state index in [9.17, 15) is 0 Å². The van der Waals surface area contributed by atoms with E-state index in [1.807, 2.05) is 13.8 Å². The maximum absolute atomic E-state index is 2.25. The Morgan fingerprint density at radius 1 is 0.920 bits per heavy atom. The molecule has 0 atom stereocenters. The highest BCUT2D eigenvalue weighted by Gasteiger charge is 2.13. The molecule has 0 aliphatic heterocycles. The third-order valence-electron chi connectivity index (χ3n) is 4.86. The molecule has 0 saturated heterocycles. The number of aryl methyl sites for hydroxylation is 1. The fourth-order valence-corrected chi connectivity index (χ4v) is 3.37. The van der Waals surface area contributed by atoms with Crippen LogP contribution < -0.4 is 0 Å². The van der Waals surface area contributed by atoms with Crippen molar-refractivity contribution in [3.05, 3.63) is 48.0 Å². The summed E-state index contributed by atoms with van der Waals surface area (Å²) < 4.78 is 0. The maximum Gasteiger partial charge on any atom is -0.0279 e. The molecule has 0 spiro atoms. The van der Waals surface area contributed by atoms with Crippen LogP contribution in [-0.2, 0) is 6.42 Å². The van der Waals surface area contributed by atoms with Crippen LogP contribution in [0, 0.1) is 5.92 Å². The van der Waals surface area contributed by atoms with Crippen molar-refractivity contribution in [3.8, 4) is 0 Å². The highest BCUT2D eigenvalue weighted by Crippen LogP contribution is 2.29. The molecule has 1 aliphatic rings. The van der Waals surface area contributed by atoms with Crippen molar-refractivity contribution in [3.63, 3.8) is 0 Å². The first-order chi connectivity index (χ1) is 12.4. The molecule has 1 aromatic rings. The molecule has 25 heavy (non-hydrogen) atoms. The smallest absolute Gasteiger partial charge is 0.0279 e. The summed E-state index contributed by atoms with van der Waals surface area (Å²) in [4.78, 5) is 0. The van der Waals surface area contributed by atoms with Crippen molar-refractivity contribution in [2.45, 2.75) is 105 Å². The fraction of sp³-hybridized carbons (Fsp3) is 0.680. The van der Waals surface area contributed by atoms with Crippen molar-refractivity contribution in [2.75, 3.05) is 0 Å². The van der Waals surface area contributed by atoms with Gasteiger partial charge in [-0.2, -0.15) is 0 Å². The van der Waals surface area contributed by atoms with Crippen LogP contribution in [0.15, 0.2) is 42.5 Å². The lowest BCUT2D eigenvalue weighted by atomic mass is 9.98. The molecule has 0 bridgehead atoms. The highest BCUT2D eigenvalue weighted by molar-refractivity contribution is 5.14. The lowest BCUT2D eigenvalue weighted by Crippen LogP contribution is -1.93. The second-order valence-electron chi connectivity index (χ2n) is 6.95. The first-order valence-electron chi connectivity index (χ1n) is 11.0. The topological polar surface area (TPSA) is 0 Å². The van der Waals surface area contributed by atoms with Gasteiger partial charge in [0.25, 0.3) is 0 Å². The normalized spacial score (nSPS) is 13.9. The van der Waals surface area contributed by atoms with E-state index in [1.165, 1.54) is 82.6 Å². The summed E-state index contributed by atoms with van der Waals surface area (Å²) in [6, 6.07) is 10.9. The van der Waals surface area contributed by atoms with E-state index < -0.39 is 0 Å². The fourth-order valence-electron chi connectivity index (χ4n) is 3.37. The van der Waals surface area contributed by atoms with E-state index in [2.05, 4.69) is 56.3 Å². The second-order valence-corrected chi connectivity index (χ2v) is 6.95. The molecule has 0 unspecified atom stereocenters. The van der Waals surface area contributed by atoms with Crippen LogP contribution in [0.1, 0.15) is 104 Å². The minimum absolute atomic E-state index is 1.08. The largest absolute Gasteiger partial charge is 0.0917 e. The Hall–Kier alpha value is -1.04. The molecule has 0 amide bonds. The number of benzene rings is 1. The predicted molar refractivity (Wildman–Crippen MR) is 116 cm³/mol. The van der Waals surface area contributed by atoms with Crippen molar-refractivity contribution >= 4 is 0 Å². The Morgan fingerprint density at radius 2 is 1.60 bits per heavy atom. The third-order valence-corrected chi connectivity index (χ3v) is 4.86. The van der Waals surface area contributed by atoms with Crippen LogP contribution in [-0.4, -0.2) is 0 Å². The van der Waals surface area contributed by atoms with E-state index in [1.54, 1.807) is 0 Å². The predicted octanol–water partition coefficient (Wildman–Crippen LogP) is 8.76. The zero-order valence-electron chi connectivity index (χ0n) is 17.6. The minimum atomic E-state index is 1.08. The molecule has 1 saturated carbocycles. The van der Waals surface area contributed by atoms with E-state index in [4.69, 9.17) is 0 Å². The molecule has 0 nitrogen and oxygen atoms in total. The lowest BCUT2D eigenvalue weighted by Gasteiger charge is -2.07. The summed E-state index contributed by atoms with van der Waals surface area (Å²) in [5.74, 6) is 1.08. The summed E-state index contributed by atoms with van der Waals surface area (Å²) in [6.07, 6.45) is 21.3. The molecule has 2 rings (SSSR count). The minimum Gasteiger partial charge on any atom is -0.0917 e. The van der Waals surface area contributed by atoms with Gasteiger partial charge in [0.15, 0.2) is 0 Å². The molecule has 1 aliphatic carbocycles. The monoisotopic (exact) mass is 344 g/mol. The van der Waals surface area contributed by atoms with E-state index >= 15 is 0 Å². The number of allylic oxidation sites excluding steroid dienone is 2. The van der Waals surface area contributed by atoms with Crippen molar-refractivity contribution in [1.29, 1.82) is 0 Å². The van der Waals surface area contributed by atoms with E-state index in [0.29, 0.717) is 0 Å². The van der Waals surface area contributed by atoms with Gasteiger partial charge in [0.2, 0.25) is 0 Å². The van der Waals surface area contributed by atoms with Gasteiger partial charge in [-0.25, -0.2) is 0 Å². The molecule has 1 fully saturated rings. The Kier molecular flexibility index (Phi) is 18.5. The van der Waals surface area contributed by atoms with Crippen molar-refractivity contribution < 1.29 is 0 Å². The molecule has 0 heteroatoms. The Morgan fingerprint density at radius 3 is 2.20 bits per heavy atom. The Bertz CT molecular complexity index is 370. The zero-order valence-corrected chi connectivity index (χ0v) is 17.6. The summed E-state index contributed by atoms with van der Waals surface area (Å²) >= 11 is 0. The summed E-state index contributed by atoms with van der Waals surface area (Å²) in [7, 11) is 0. The molecule has 1 aromatic carbocycles. The van der Waals surface area contributed by atoms with Crippen LogP contribution in [0.2, 0.25) is 0 Å². The summed E-state index contributed by atoms with van der Waals surface area (Å²) in [6.45, 7) is 8.28. The van der Waals surface area contributed by atoms with Gasteiger partial charge in [0.1, 0.15) is 0 Å². The number of rotatable bonds is 9. The lowest BCUT2D eigenvalue weighted by molar-refractivity contribution is 0.468. The van der Waals surface area contributed by atoms with Gasteiger partial charge < -0.3 is 0 Å². The Labute approximate surface area is 159 Å². The van der Waals surface area contributed by atoms with Crippen molar-refractivity contribution in [2.24, 2.45) is 5.92 Å². The number of unbranched alkanes of at least 4 members (excludes halogenated alkanes) is 4. The average Bonchev–Trinajstić information content (AvgIpc) is 3.19. The quantitative estimate of drug-likeness (QED) is 0.310. The van der Waals surface area contributed by atoms with Gasteiger partial charge in [-0.3, -0.25) is 0 Å². The summed E-state index contributed by atoms with van der Waals surface area (Å²) in [5, 5.41) is 0. The summed E-state index contributed by atoms with van der Waals surface area (Å²) in [5.41, 5.74) is 1.50. The van der Waals surface area contributed by atoms with Gasteiger partial charge in [-0.15, -0.1) is 0 Å². The van der Waals surface area contributed by atoms with Gasteiger partial charge >= 0.3 is 0 Å². The van der Waals surface area contributed by atoms with Crippen LogP contribution in [0.25, 0.3) is 0 Å². The maximum atomic E-state index is 2.25. The van der Waals surface area contributed by atoms with Gasteiger partial charge in [-0.1, -0.05) is 121 Å². The van der Waals surface area contributed by atoms with Gasteiger partial charge in [0, 0.05) is 0 Å². The first-order valence-corrected chi connectivity index (χ1v) is 11.0. The van der Waals surface area contributed by atoms with Crippen LogP contribution in [0.5, 0.6) is 0 Å². The molecule has 144 valence electrons. The SMILES string of the molecule is CC.CC=CCCCC.c1ccc(CCCCCC2CCCC2)cc1. The molecule has 0 N–H and O–H groups in total. The first kappa shape index (κ1) is 24.0. The van der Waals surface area contributed by atoms with E-state index in [0.717, 1.165) is 5.92 Å². The van der Waals surface area contributed by atoms with Crippen molar-refractivity contribution in [1.82, 2.24) is 0 Å². The standard InChI is InChI=1S/C16H24.C7H14.C2H6/c1-3-9-15(10-4-1)11-5-2-6-12-16-13-7-8-14-16;1-3-5-7-6-4-2;1-2/h1,3-4,9-10,16H,2,5-8,11-14H2;3,5H,4,6-7H2,1-2H3;1-2H3. The van der Waals surface area contributed by atoms with Gasteiger partial charge in [-0.05, 0) is 37.7 Å². The Balaban J connectivity index is 0.000000544. The van der Waals surface area contributed by atoms with Crippen LogP contribution >= 0.6 is 0 Å². The highest BCUT2D eigenvalue weighted by atomic mass is 14.2. The third kappa shape index (κ3) is 15.0. The number of hydrogen-bond acceptors (Lipinski definition) is 0. The zero-order chi connectivity index (χ0) is 18.6. The molecule has 0 radical (unpaired) electrons. The van der Waals surface area contributed by atoms with Crippen LogP contribution in [0.3, 0.4) is 0 Å². The number of hydrogen-bond donors (Lipinski definition) is 0. The molecular formula is C25H44. The van der Waals surface area contributed by atoms with Gasteiger partial charge in [0.05, 0.1) is 0 Å². The second kappa shape index (κ2) is 19.3. The van der Waals surface area contributed by atoms with E-state index in [-0.39, 0.29) is 0 Å². The molecular weight excluding hydrogens is 300 g/mol.